The van der Waals surface area contributed by atoms with Crippen LogP contribution in [0.25, 0.3) is 9.64 Å². The Morgan fingerprint density at radius 1 is 1.11 bits per heavy atom. The molecule has 1 aliphatic rings. The summed E-state index contributed by atoms with van der Waals surface area (Å²) in [5, 5.41) is 18.2. The van der Waals surface area contributed by atoms with Gasteiger partial charge in [-0.05, 0) is 0 Å². The van der Waals surface area contributed by atoms with Crippen LogP contribution >= 0.6 is 0 Å². The predicted molar refractivity (Wildman–Crippen MR) is 103 cm³/mol. The molecule has 0 spiro atoms. The number of nitrogens with one attached hydrogen (secondary N) is 1. The summed E-state index contributed by atoms with van der Waals surface area (Å²) >= 11 is 2.19. The van der Waals surface area contributed by atoms with Gasteiger partial charge >= 0.3 is 167 Å². The molecule has 0 aliphatic heterocycles. The maximum Gasteiger partial charge on any atom is -1.00 e. The Morgan fingerprint density at radius 3 is 2.25 bits per heavy atom. The van der Waals surface area contributed by atoms with Crippen LogP contribution in [0.1, 0.15) is 38.8 Å². The topological polar surface area (TPSA) is 41.5 Å². The normalized spacial score (nSPS) is 13.1. The summed E-state index contributed by atoms with van der Waals surface area (Å²) in [4.78, 5) is 0. The van der Waals surface area contributed by atoms with E-state index in [1.165, 1.54) is 25.1 Å². The first-order valence-corrected chi connectivity index (χ1v) is 9.72. The van der Waals surface area contributed by atoms with Crippen molar-refractivity contribution < 1.29 is 55.1 Å². The fourth-order valence-electron chi connectivity index (χ4n) is 3.60. The van der Waals surface area contributed by atoms with Crippen LogP contribution < -0.4 is 40.6 Å². The first kappa shape index (κ1) is 25.1. The van der Waals surface area contributed by atoms with E-state index in [1.807, 2.05) is 6.92 Å². The fraction of sp³-hybridized carbons (Fsp3) is 0.364. The SMILES string of the molecule is COC(C)=c1c(CCO)cc2c(c1NC(C)(C)C)[C]([Ti+2])=c1ccccc1=2.[Cl-].[Cl-]. The molecule has 3 rings (SSSR count). The van der Waals surface area contributed by atoms with E-state index in [1.54, 1.807) is 7.11 Å². The van der Waals surface area contributed by atoms with Gasteiger partial charge in [-0.3, -0.25) is 0 Å². The molecule has 2 aromatic carbocycles. The van der Waals surface area contributed by atoms with Gasteiger partial charge in [-0.2, -0.15) is 0 Å². The van der Waals surface area contributed by atoms with Gasteiger partial charge < -0.3 is 24.8 Å². The number of fused-ring (bicyclic) bond motifs is 2. The summed E-state index contributed by atoms with van der Waals surface area (Å²) in [6, 6.07) is 10.8. The molecule has 2 aromatic rings. The second kappa shape index (κ2) is 9.69. The van der Waals surface area contributed by atoms with Crippen LogP contribution in [0.15, 0.2) is 30.3 Å². The van der Waals surface area contributed by atoms with Gasteiger partial charge in [0.25, 0.3) is 0 Å². The molecule has 1 aliphatic carbocycles. The van der Waals surface area contributed by atoms with E-state index < -0.39 is 0 Å². The van der Waals surface area contributed by atoms with Crippen LogP contribution in [0.4, 0.5) is 5.69 Å². The molecule has 3 nitrogen and oxygen atoms in total. The Labute approximate surface area is 190 Å². The number of aliphatic hydroxyl groups excluding tert-OH is 1. The third kappa shape index (κ3) is 4.61. The fourth-order valence-corrected chi connectivity index (χ4v) is 4.35. The van der Waals surface area contributed by atoms with Crippen LogP contribution in [-0.2, 0) is 31.6 Å². The molecule has 28 heavy (non-hydrogen) atoms. The Balaban J connectivity index is 0.00000196. The van der Waals surface area contributed by atoms with Crippen molar-refractivity contribution in [3.8, 4) is 0 Å². The standard InChI is InChI=1S/C22H26NO2.2ClH.Ti/c1-14(25-5)20-16(10-11-24)13-18-17-9-7-6-8-15(17)12-19(18)21(20)23-22(2,3)4;;;/h6-9,13,23-24H,10-11H2,1-5H3;2*1H;/q;;;+2/p-2. The van der Waals surface area contributed by atoms with Crippen molar-refractivity contribution in [1.82, 2.24) is 0 Å². The largest absolute Gasteiger partial charge is 1.00 e. The maximum absolute atomic E-state index is 9.64. The van der Waals surface area contributed by atoms with Crippen LogP contribution in [0.5, 0.6) is 0 Å². The molecule has 6 heteroatoms. The van der Waals surface area contributed by atoms with E-state index >= 15 is 0 Å². The molecule has 0 amide bonds. The summed E-state index contributed by atoms with van der Waals surface area (Å²) in [7, 11) is 1.71. The zero-order chi connectivity index (χ0) is 19.1. The van der Waals surface area contributed by atoms with Crippen LogP contribution in [0, 0.1) is 10.4 Å². The number of halogens is 2. The number of methoxy groups -OCH3 is 1. The second-order valence-electron chi connectivity index (χ2n) is 7.74. The van der Waals surface area contributed by atoms with Gasteiger partial charge in [0.1, 0.15) is 0 Å². The van der Waals surface area contributed by atoms with E-state index in [2.05, 4.69) is 76.9 Å². The Morgan fingerprint density at radius 2 is 1.71 bits per heavy atom. The average molecular weight is 455 g/mol. The molecular formula is C22H26Cl2NO2Ti. The van der Waals surface area contributed by atoms with Crippen molar-refractivity contribution in [3.05, 3.63) is 62.3 Å². The van der Waals surface area contributed by atoms with Gasteiger partial charge in [0.05, 0.1) is 0 Å². The maximum atomic E-state index is 9.64. The smallest absolute Gasteiger partial charge is 1.00 e. The van der Waals surface area contributed by atoms with E-state index in [4.69, 9.17) is 4.74 Å². The molecular weight excluding hydrogens is 429 g/mol. The van der Waals surface area contributed by atoms with Crippen LogP contribution in [0.2, 0.25) is 0 Å². The summed E-state index contributed by atoms with van der Waals surface area (Å²) in [5.74, 6) is 0.867. The molecule has 149 valence electrons. The van der Waals surface area contributed by atoms with E-state index in [0.29, 0.717) is 6.42 Å². The third-order valence-electron chi connectivity index (χ3n) is 4.68. The van der Waals surface area contributed by atoms with Crippen LogP contribution in [-0.4, -0.2) is 24.4 Å². The van der Waals surface area contributed by atoms with Gasteiger partial charge in [-0.25, -0.2) is 0 Å². The van der Waals surface area contributed by atoms with Crippen molar-refractivity contribution in [2.75, 3.05) is 19.0 Å². The summed E-state index contributed by atoms with van der Waals surface area (Å²) < 4.78 is 6.92. The first-order valence-electron chi connectivity index (χ1n) is 8.94. The van der Waals surface area contributed by atoms with E-state index in [-0.39, 0.29) is 37.0 Å². The molecule has 0 unspecified atom stereocenters. The van der Waals surface area contributed by atoms with Gasteiger partial charge in [-0.15, -0.1) is 0 Å². The molecule has 0 radical (unpaired) electrons. The number of rotatable bonds is 4. The van der Waals surface area contributed by atoms with Gasteiger partial charge in [0, 0.05) is 0 Å². The summed E-state index contributed by atoms with van der Waals surface area (Å²) in [6.45, 7) is 8.61. The minimum absolute atomic E-state index is 0. The summed E-state index contributed by atoms with van der Waals surface area (Å²) in [5.41, 5.74) is 3.37. The zero-order valence-corrected chi connectivity index (χ0v) is 20.0. The molecule has 0 aromatic heterocycles. The number of hydrogen-bond acceptors (Lipinski definition) is 3. The summed E-state index contributed by atoms with van der Waals surface area (Å²) in [6.07, 6.45) is 0.601. The first-order chi connectivity index (χ1) is 12.3. The molecule has 2 N–H and O–H groups in total. The molecule has 0 atom stereocenters. The van der Waals surface area contributed by atoms with E-state index in [0.717, 1.165) is 22.2 Å². The number of hydrogen-bond donors (Lipinski definition) is 2. The number of aliphatic hydroxyl groups is 1. The van der Waals surface area contributed by atoms with Gasteiger partial charge in [0.2, 0.25) is 0 Å². The molecule has 0 saturated heterocycles. The molecule has 0 fully saturated rings. The number of anilines is 1. The van der Waals surface area contributed by atoms with Crippen molar-refractivity contribution in [2.45, 2.75) is 39.7 Å². The second-order valence-corrected chi connectivity index (χ2v) is 8.52. The van der Waals surface area contributed by atoms with Crippen molar-refractivity contribution in [2.24, 2.45) is 0 Å². The monoisotopic (exact) mass is 454 g/mol. The number of benzene rings is 2. The Hall–Kier alpha value is -0.966. The average Bonchev–Trinajstić information content (AvgIpc) is 2.86. The van der Waals surface area contributed by atoms with Gasteiger partial charge in [0.15, 0.2) is 0 Å². The molecule has 0 heterocycles. The predicted octanol–water partition coefficient (Wildman–Crippen LogP) is -3.48. The molecule has 0 saturated carbocycles. The zero-order valence-electron chi connectivity index (χ0n) is 16.9. The van der Waals surface area contributed by atoms with Gasteiger partial charge in [-0.1, -0.05) is 0 Å². The van der Waals surface area contributed by atoms with Crippen LogP contribution in [0.3, 0.4) is 0 Å². The Bertz CT molecular complexity index is 1080. The third-order valence-corrected chi connectivity index (χ3v) is 5.50. The minimum Gasteiger partial charge on any atom is -1.00 e. The van der Waals surface area contributed by atoms with Crippen molar-refractivity contribution in [3.63, 3.8) is 0 Å². The number of ether oxygens (including phenoxy) is 1. The minimum atomic E-state index is -0.0938. The molecule has 0 bridgehead atoms. The van der Waals surface area contributed by atoms with Crippen molar-refractivity contribution in [1.29, 1.82) is 0 Å². The quantitative estimate of drug-likeness (QED) is 0.471. The van der Waals surface area contributed by atoms with Crippen molar-refractivity contribution >= 4 is 15.3 Å². The van der Waals surface area contributed by atoms with E-state index in [9.17, 15) is 5.11 Å². The Kier molecular flexibility index (Phi) is 8.68.